The molecule has 10 heteroatoms. The highest BCUT2D eigenvalue weighted by Crippen LogP contribution is 2.29. The van der Waals surface area contributed by atoms with Crippen LogP contribution in [0.1, 0.15) is 0 Å². The quantitative estimate of drug-likeness (QED) is 0.624. The van der Waals surface area contributed by atoms with Crippen LogP contribution in [-0.4, -0.2) is 18.3 Å². The zero-order valence-electron chi connectivity index (χ0n) is 10.4. The van der Waals surface area contributed by atoms with Gasteiger partial charge in [0.2, 0.25) is 0 Å². The third kappa shape index (κ3) is 3.28. The lowest BCUT2D eigenvalue weighted by molar-refractivity contribution is -0.384. The largest absolute Gasteiger partial charge is 0.398 e. The van der Waals surface area contributed by atoms with Crippen molar-refractivity contribution in [1.29, 1.82) is 0 Å². The number of sulfonamides is 1. The van der Waals surface area contributed by atoms with E-state index in [1.165, 1.54) is 30.5 Å². The van der Waals surface area contributed by atoms with E-state index < -0.39 is 14.9 Å². The number of nitrogens with two attached hydrogens (primary N) is 1. The molecule has 0 aliphatic heterocycles. The fourth-order valence-corrected chi connectivity index (χ4v) is 3.27. The van der Waals surface area contributed by atoms with E-state index in [0.717, 1.165) is 6.20 Å². The maximum Gasteiger partial charge on any atom is 0.270 e. The molecule has 0 aliphatic carbocycles. The zero-order valence-corrected chi connectivity index (χ0v) is 12.8. The number of nitrogen functional groups attached to an aromatic ring is 1. The summed E-state index contributed by atoms with van der Waals surface area (Å²) in [7, 11) is -3.94. The first-order valence-electron chi connectivity index (χ1n) is 5.47. The summed E-state index contributed by atoms with van der Waals surface area (Å²) in [4.78, 5) is 13.6. The predicted molar refractivity (Wildman–Crippen MR) is 80.3 cm³/mol. The van der Waals surface area contributed by atoms with Crippen LogP contribution in [0.3, 0.4) is 0 Å². The molecule has 0 bridgehead atoms. The minimum atomic E-state index is -3.94. The van der Waals surface area contributed by atoms with E-state index in [1.807, 2.05) is 0 Å². The molecular formula is C11H9BrN4O4S. The van der Waals surface area contributed by atoms with Gasteiger partial charge < -0.3 is 5.73 Å². The summed E-state index contributed by atoms with van der Waals surface area (Å²) in [6.07, 6.45) is 2.49. The molecule has 0 unspecified atom stereocenters. The molecular weight excluding hydrogens is 364 g/mol. The minimum Gasteiger partial charge on any atom is -0.398 e. The summed E-state index contributed by atoms with van der Waals surface area (Å²) >= 11 is 3.08. The van der Waals surface area contributed by atoms with Crippen molar-refractivity contribution in [3.8, 4) is 0 Å². The Bertz CT molecular complexity index is 810. The van der Waals surface area contributed by atoms with Gasteiger partial charge in [-0.2, -0.15) is 0 Å². The molecule has 0 fully saturated rings. The van der Waals surface area contributed by atoms with Crippen LogP contribution in [0, 0.1) is 10.1 Å². The van der Waals surface area contributed by atoms with Gasteiger partial charge in [-0.05, 0) is 28.1 Å². The lowest BCUT2D eigenvalue weighted by Crippen LogP contribution is -2.15. The number of benzene rings is 1. The number of nitrogens with zero attached hydrogens (tertiary/aromatic N) is 2. The molecule has 3 N–H and O–H groups in total. The number of hydrogen-bond donors (Lipinski definition) is 2. The number of hydrogen-bond acceptors (Lipinski definition) is 6. The Morgan fingerprint density at radius 1 is 1.33 bits per heavy atom. The standard InChI is InChI=1S/C11H9BrN4O4S/c12-8-5-7(16(17)18)1-2-10(8)15-21(19,20)11-6-14-4-3-9(11)13/h1-6,15H,(H2,13,14). The van der Waals surface area contributed by atoms with Crippen LogP contribution >= 0.6 is 15.9 Å². The molecule has 0 saturated heterocycles. The Labute approximate surface area is 128 Å². The van der Waals surface area contributed by atoms with Gasteiger partial charge in [-0.3, -0.25) is 19.8 Å². The molecule has 0 amide bonds. The van der Waals surface area contributed by atoms with Crippen LogP contribution in [0.5, 0.6) is 0 Å². The number of halogens is 1. The minimum absolute atomic E-state index is 0.0514. The summed E-state index contributed by atoms with van der Waals surface area (Å²) in [6.45, 7) is 0. The van der Waals surface area contributed by atoms with E-state index in [-0.39, 0.29) is 26.4 Å². The third-order valence-corrected chi connectivity index (χ3v) is 4.58. The van der Waals surface area contributed by atoms with E-state index in [4.69, 9.17) is 5.73 Å². The van der Waals surface area contributed by atoms with Crippen LogP contribution in [-0.2, 0) is 10.0 Å². The Hall–Kier alpha value is -2.20. The van der Waals surface area contributed by atoms with Gasteiger partial charge in [-0.1, -0.05) is 0 Å². The average molecular weight is 373 g/mol. The zero-order chi connectivity index (χ0) is 15.6. The van der Waals surface area contributed by atoms with Crippen molar-refractivity contribution < 1.29 is 13.3 Å². The van der Waals surface area contributed by atoms with Gasteiger partial charge in [-0.25, -0.2) is 8.42 Å². The smallest absolute Gasteiger partial charge is 0.270 e. The number of nitro groups is 1. The van der Waals surface area contributed by atoms with Gasteiger partial charge in [0.15, 0.2) is 0 Å². The second-order valence-electron chi connectivity index (χ2n) is 3.94. The van der Waals surface area contributed by atoms with Crippen LogP contribution in [0.4, 0.5) is 17.1 Å². The summed E-state index contributed by atoms with van der Waals surface area (Å²) in [5.41, 5.74) is 5.65. The SMILES string of the molecule is Nc1ccncc1S(=O)(=O)Nc1ccc([N+](=O)[O-])cc1Br. The number of pyridine rings is 1. The fourth-order valence-electron chi connectivity index (χ4n) is 1.52. The van der Waals surface area contributed by atoms with Crippen LogP contribution in [0.15, 0.2) is 46.0 Å². The van der Waals surface area contributed by atoms with E-state index in [0.29, 0.717) is 0 Å². The van der Waals surface area contributed by atoms with Gasteiger partial charge in [0, 0.05) is 29.0 Å². The van der Waals surface area contributed by atoms with Gasteiger partial charge in [0.25, 0.3) is 15.7 Å². The van der Waals surface area contributed by atoms with Crippen LogP contribution in [0.25, 0.3) is 0 Å². The second kappa shape index (κ2) is 5.66. The van der Waals surface area contributed by atoms with Crippen molar-refractivity contribution >= 4 is 43.0 Å². The summed E-state index contributed by atoms with van der Waals surface area (Å²) < 4.78 is 26.9. The molecule has 1 aromatic heterocycles. The Balaban J connectivity index is 2.38. The molecule has 110 valence electrons. The molecule has 0 spiro atoms. The highest BCUT2D eigenvalue weighted by molar-refractivity contribution is 9.10. The molecule has 0 aliphatic rings. The molecule has 0 saturated carbocycles. The number of non-ortho nitro benzene ring substituents is 1. The number of nitrogens with one attached hydrogen (secondary N) is 1. The van der Waals surface area contributed by atoms with Gasteiger partial charge in [0.1, 0.15) is 4.90 Å². The molecule has 2 rings (SSSR count). The summed E-state index contributed by atoms with van der Waals surface area (Å²) in [6, 6.07) is 5.03. The predicted octanol–water partition coefficient (Wildman–Crippen LogP) is 2.14. The van der Waals surface area contributed by atoms with E-state index in [1.54, 1.807) is 0 Å². The molecule has 1 heterocycles. The van der Waals surface area contributed by atoms with Crippen molar-refractivity contribution in [2.75, 3.05) is 10.5 Å². The summed E-state index contributed by atoms with van der Waals surface area (Å²) in [5, 5.41) is 10.6. The normalized spacial score (nSPS) is 11.1. The van der Waals surface area contributed by atoms with Crippen molar-refractivity contribution in [2.24, 2.45) is 0 Å². The highest BCUT2D eigenvalue weighted by atomic mass is 79.9. The monoisotopic (exact) mass is 372 g/mol. The maximum atomic E-state index is 12.2. The number of aromatic nitrogens is 1. The van der Waals surface area contributed by atoms with Crippen LogP contribution < -0.4 is 10.5 Å². The third-order valence-electron chi connectivity index (χ3n) is 2.51. The molecule has 0 atom stereocenters. The highest BCUT2D eigenvalue weighted by Gasteiger charge is 2.19. The average Bonchev–Trinajstić information content (AvgIpc) is 2.41. The van der Waals surface area contributed by atoms with Gasteiger partial charge in [-0.15, -0.1) is 0 Å². The number of anilines is 2. The summed E-state index contributed by atoms with van der Waals surface area (Å²) in [5.74, 6) is 0. The molecule has 1 aromatic carbocycles. The Morgan fingerprint density at radius 2 is 2.05 bits per heavy atom. The van der Waals surface area contributed by atoms with E-state index in [2.05, 4.69) is 25.6 Å². The van der Waals surface area contributed by atoms with Gasteiger partial charge >= 0.3 is 0 Å². The first-order valence-corrected chi connectivity index (χ1v) is 7.75. The number of rotatable bonds is 4. The van der Waals surface area contributed by atoms with Crippen molar-refractivity contribution in [1.82, 2.24) is 4.98 Å². The molecule has 21 heavy (non-hydrogen) atoms. The topological polar surface area (TPSA) is 128 Å². The van der Waals surface area contributed by atoms with Crippen molar-refractivity contribution in [3.05, 3.63) is 51.2 Å². The van der Waals surface area contributed by atoms with Crippen LogP contribution in [0.2, 0.25) is 0 Å². The van der Waals surface area contributed by atoms with Gasteiger partial charge in [0.05, 0.1) is 16.3 Å². The first-order chi connectivity index (χ1) is 9.81. The Morgan fingerprint density at radius 3 is 2.62 bits per heavy atom. The van der Waals surface area contributed by atoms with E-state index in [9.17, 15) is 18.5 Å². The molecule has 8 nitrogen and oxygen atoms in total. The lowest BCUT2D eigenvalue weighted by atomic mass is 10.3. The first kappa shape index (κ1) is 15.2. The van der Waals surface area contributed by atoms with E-state index >= 15 is 0 Å². The van der Waals surface area contributed by atoms with Crippen molar-refractivity contribution in [3.63, 3.8) is 0 Å². The van der Waals surface area contributed by atoms with Crippen molar-refractivity contribution in [2.45, 2.75) is 4.90 Å². The lowest BCUT2D eigenvalue weighted by Gasteiger charge is -2.10. The fraction of sp³-hybridized carbons (Fsp3) is 0. The maximum absolute atomic E-state index is 12.2. The molecule has 2 aromatic rings. The molecule has 0 radical (unpaired) electrons. The number of nitro benzene ring substituents is 1. The second-order valence-corrected chi connectivity index (χ2v) is 6.45. The Kier molecular flexibility index (Phi) is 4.09.